The van der Waals surface area contributed by atoms with Gasteiger partial charge in [0.05, 0.1) is 22.3 Å². The fourth-order valence-electron chi connectivity index (χ4n) is 3.70. The van der Waals surface area contributed by atoms with E-state index in [4.69, 9.17) is 16.1 Å². The van der Waals surface area contributed by atoms with Crippen LogP contribution in [-0.2, 0) is 0 Å². The fourth-order valence-corrected chi connectivity index (χ4v) is 3.89. The summed E-state index contributed by atoms with van der Waals surface area (Å²) in [6.45, 7) is 4.25. The molecule has 1 N–H and O–H groups in total. The molecule has 1 amide bonds. The van der Waals surface area contributed by atoms with Crippen molar-refractivity contribution in [3.05, 3.63) is 46.6 Å². The number of hydrogen-bond donors (Lipinski definition) is 1. The molecule has 1 aromatic carbocycles. The Labute approximate surface area is 162 Å². The Morgan fingerprint density at radius 1 is 1.41 bits per heavy atom. The number of aromatic nitrogens is 2. The second kappa shape index (κ2) is 7.29. The Bertz CT molecular complexity index is 1000. The molecule has 6 nitrogen and oxygen atoms in total. The molecule has 3 heterocycles. The molecule has 0 radical (unpaired) electrons. The first-order valence-electron chi connectivity index (χ1n) is 9.03. The normalized spacial score (nSPS) is 17.0. The highest BCUT2D eigenvalue weighted by molar-refractivity contribution is 6.30. The van der Waals surface area contributed by atoms with E-state index in [1.54, 1.807) is 6.07 Å². The average molecular weight is 385 g/mol. The van der Waals surface area contributed by atoms with Crippen molar-refractivity contribution in [2.24, 2.45) is 5.92 Å². The number of amides is 1. The summed E-state index contributed by atoms with van der Waals surface area (Å²) in [6, 6.07) is 9.23. The third-order valence-corrected chi connectivity index (χ3v) is 5.27. The maximum absolute atomic E-state index is 13.3. The molecule has 1 atom stereocenters. The summed E-state index contributed by atoms with van der Waals surface area (Å²) in [5.74, 6) is 0.475. The number of fused-ring (bicyclic) bond motifs is 1. The van der Waals surface area contributed by atoms with Gasteiger partial charge < -0.3 is 14.7 Å². The average Bonchev–Trinajstić information content (AvgIpc) is 3.28. The van der Waals surface area contributed by atoms with E-state index in [1.165, 1.54) is 0 Å². The van der Waals surface area contributed by atoms with Gasteiger partial charge in [-0.3, -0.25) is 4.79 Å². The van der Waals surface area contributed by atoms with Crippen LogP contribution in [-0.4, -0.2) is 47.6 Å². The van der Waals surface area contributed by atoms with Gasteiger partial charge in [0.25, 0.3) is 11.6 Å². The highest BCUT2D eigenvalue weighted by Gasteiger charge is 2.29. The van der Waals surface area contributed by atoms with Gasteiger partial charge in [-0.15, -0.1) is 0 Å². The number of carbonyl (C=O) groups excluding carboxylic acids is 1. The van der Waals surface area contributed by atoms with E-state index in [0.717, 1.165) is 31.6 Å². The lowest BCUT2D eigenvalue weighted by Gasteiger charge is -2.17. The number of hydrogen-bond acceptors (Lipinski definition) is 5. The molecule has 2 aromatic heterocycles. The van der Waals surface area contributed by atoms with Crippen LogP contribution < -0.4 is 5.32 Å². The topological polar surface area (TPSA) is 71.3 Å². The molecule has 27 heavy (non-hydrogen) atoms. The van der Waals surface area contributed by atoms with Crippen LogP contribution in [0.1, 0.15) is 22.5 Å². The lowest BCUT2D eigenvalue weighted by atomic mass is 10.0. The summed E-state index contributed by atoms with van der Waals surface area (Å²) < 4.78 is 5.38. The van der Waals surface area contributed by atoms with Crippen molar-refractivity contribution in [3.63, 3.8) is 0 Å². The largest absolute Gasteiger partial charge is 0.338 e. The van der Waals surface area contributed by atoms with Crippen LogP contribution in [0, 0.1) is 12.8 Å². The van der Waals surface area contributed by atoms with Gasteiger partial charge in [0.1, 0.15) is 0 Å². The van der Waals surface area contributed by atoms with Gasteiger partial charge in [-0.05, 0) is 51.1 Å². The molecule has 1 aliphatic rings. The van der Waals surface area contributed by atoms with Crippen molar-refractivity contribution >= 4 is 28.6 Å². The van der Waals surface area contributed by atoms with Gasteiger partial charge in [-0.2, -0.15) is 0 Å². The molecular formula is C20H21ClN4O2. The van der Waals surface area contributed by atoms with Crippen molar-refractivity contribution in [1.82, 2.24) is 20.4 Å². The Morgan fingerprint density at radius 2 is 2.26 bits per heavy atom. The second-order valence-electron chi connectivity index (χ2n) is 6.98. The molecule has 0 aliphatic carbocycles. The lowest BCUT2D eigenvalue weighted by Crippen LogP contribution is -2.30. The number of halogens is 1. The predicted octanol–water partition coefficient (Wildman–Crippen LogP) is 3.53. The van der Waals surface area contributed by atoms with Crippen molar-refractivity contribution in [3.8, 4) is 11.3 Å². The number of benzene rings is 1. The molecule has 3 aromatic rings. The minimum atomic E-state index is -0.00409. The van der Waals surface area contributed by atoms with Crippen molar-refractivity contribution in [2.45, 2.75) is 13.3 Å². The number of likely N-dealkylation sites (tertiary alicyclic amines) is 1. The highest BCUT2D eigenvalue weighted by Crippen LogP contribution is 2.30. The predicted molar refractivity (Wildman–Crippen MR) is 105 cm³/mol. The molecule has 0 unspecified atom stereocenters. The number of nitrogens with zero attached hydrogens (tertiary/aromatic N) is 3. The molecule has 4 rings (SSSR count). The zero-order chi connectivity index (χ0) is 19.0. The summed E-state index contributed by atoms with van der Waals surface area (Å²) in [6.07, 6.45) is 1.00. The van der Waals surface area contributed by atoms with E-state index in [0.29, 0.717) is 39.0 Å². The van der Waals surface area contributed by atoms with Crippen LogP contribution in [0.2, 0.25) is 5.02 Å². The standard InChI is InChI=1S/C20H21ClN4O2/c1-12-18-16(20(26)25-7-6-13(11-25)10-22-2)9-17(23-19(18)27-24-12)14-4-3-5-15(21)8-14/h3-5,8-9,13,22H,6-7,10-11H2,1-2H3/t13-/m1/s1. The van der Waals surface area contributed by atoms with Gasteiger partial charge in [0.2, 0.25) is 0 Å². The quantitative estimate of drug-likeness (QED) is 0.745. The van der Waals surface area contributed by atoms with E-state index < -0.39 is 0 Å². The van der Waals surface area contributed by atoms with Gasteiger partial charge in [-0.1, -0.05) is 28.9 Å². The third-order valence-electron chi connectivity index (χ3n) is 5.03. The number of nitrogens with one attached hydrogen (secondary N) is 1. The van der Waals surface area contributed by atoms with E-state index in [2.05, 4.69) is 15.5 Å². The Hall–Kier alpha value is -2.44. The second-order valence-corrected chi connectivity index (χ2v) is 7.41. The minimum absolute atomic E-state index is 0.00409. The van der Waals surface area contributed by atoms with Crippen LogP contribution in [0.4, 0.5) is 0 Å². The van der Waals surface area contributed by atoms with Gasteiger partial charge in [-0.25, -0.2) is 4.98 Å². The Morgan fingerprint density at radius 3 is 3.04 bits per heavy atom. The van der Waals surface area contributed by atoms with Crippen LogP contribution in [0.25, 0.3) is 22.4 Å². The molecule has 7 heteroatoms. The first-order valence-corrected chi connectivity index (χ1v) is 9.41. The SMILES string of the molecule is CNC[C@H]1CCN(C(=O)c2cc(-c3cccc(Cl)c3)nc3onc(C)c23)C1. The maximum atomic E-state index is 13.3. The molecule has 1 fully saturated rings. The molecule has 0 spiro atoms. The molecular weight excluding hydrogens is 364 g/mol. The van der Waals surface area contributed by atoms with Crippen molar-refractivity contribution < 1.29 is 9.32 Å². The summed E-state index contributed by atoms with van der Waals surface area (Å²) in [5, 5.41) is 8.51. The Kier molecular flexibility index (Phi) is 4.85. The molecule has 0 bridgehead atoms. The fraction of sp³-hybridized carbons (Fsp3) is 0.350. The van der Waals surface area contributed by atoms with Crippen LogP contribution in [0.3, 0.4) is 0 Å². The molecule has 140 valence electrons. The van der Waals surface area contributed by atoms with E-state index in [-0.39, 0.29) is 5.91 Å². The van der Waals surface area contributed by atoms with Crippen LogP contribution in [0.5, 0.6) is 0 Å². The number of rotatable bonds is 4. The van der Waals surface area contributed by atoms with E-state index in [1.807, 2.05) is 43.1 Å². The zero-order valence-corrected chi connectivity index (χ0v) is 16.1. The van der Waals surface area contributed by atoms with Gasteiger partial charge in [0, 0.05) is 23.7 Å². The molecule has 1 aliphatic heterocycles. The van der Waals surface area contributed by atoms with Gasteiger partial charge >= 0.3 is 0 Å². The summed E-state index contributed by atoms with van der Waals surface area (Å²) >= 11 is 6.12. The van der Waals surface area contributed by atoms with Crippen LogP contribution >= 0.6 is 11.6 Å². The van der Waals surface area contributed by atoms with Gasteiger partial charge in [0.15, 0.2) is 0 Å². The first-order chi connectivity index (χ1) is 13.1. The first kappa shape index (κ1) is 17.9. The third kappa shape index (κ3) is 3.42. The maximum Gasteiger partial charge on any atom is 0.259 e. The summed E-state index contributed by atoms with van der Waals surface area (Å²) in [4.78, 5) is 19.8. The zero-order valence-electron chi connectivity index (χ0n) is 15.3. The van der Waals surface area contributed by atoms with E-state index >= 15 is 0 Å². The van der Waals surface area contributed by atoms with Crippen molar-refractivity contribution in [2.75, 3.05) is 26.7 Å². The number of pyridine rings is 1. The smallest absolute Gasteiger partial charge is 0.259 e. The molecule has 0 saturated carbocycles. The summed E-state index contributed by atoms with van der Waals surface area (Å²) in [5.41, 5.74) is 3.11. The highest BCUT2D eigenvalue weighted by atomic mass is 35.5. The monoisotopic (exact) mass is 384 g/mol. The lowest BCUT2D eigenvalue weighted by molar-refractivity contribution is 0.0789. The number of carbonyl (C=O) groups is 1. The van der Waals surface area contributed by atoms with Crippen molar-refractivity contribution in [1.29, 1.82) is 0 Å². The number of aryl methyl sites for hydroxylation is 1. The molecule has 1 saturated heterocycles. The van der Waals surface area contributed by atoms with Crippen LogP contribution in [0.15, 0.2) is 34.9 Å². The minimum Gasteiger partial charge on any atom is -0.338 e. The Balaban J connectivity index is 1.77. The summed E-state index contributed by atoms with van der Waals surface area (Å²) in [7, 11) is 1.94. The van der Waals surface area contributed by atoms with E-state index in [9.17, 15) is 4.79 Å².